The zero-order chi connectivity index (χ0) is 13.1. The van der Waals surface area contributed by atoms with Crippen LogP contribution in [-0.2, 0) is 6.54 Å². The maximum absolute atomic E-state index is 6.34. The standard InChI is InChI=1S/C14H19N3O/c1-4-17-14(12(18-3)9-16-17)13(15)11-7-5-6-10(2)8-11/h5-9,13H,4,15H2,1-3H3. The van der Waals surface area contributed by atoms with Gasteiger partial charge in [0, 0.05) is 6.54 Å². The molecule has 2 aromatic rings. The van der Waals surface area contributed by atoms with E-state index in [1.54, 1.807) is 13.3 Å². The SMILES string of the molecule is CCn1ncc(OC)c1C(N)c1cccc(C)c1. The molecule has 2 rings (SSSR count). The molecule has 1 unspecified atom stereocenters. The van der Waals surface area contributed by atoms with Gasteiger partial charge in [-0.2, -0.15) is 5.10 Å². The van der Waals surface area contributed by atoms with Gasteiger partial charge in [-0.15, -0.1) is 0 Å². The quantitative estimate of drug-likeness (QED) is 0.899. The molecule has 0 bridgehead atoms. The molecule has 0 aliphatic heterocycles. The Hall–Kier alpha value is -1.81. The Kier molecular flexibility index (Phi) is 3.67. The third kappa shape index (κ3) is 2.24. The van der Waals surface area contributed by atoms with E-state index in [0.717, 1.165) is 23.6 Å². The average molecular weight is 245 g/mol. The van der Waals surface area contributed by atoms with Crippen molar-refractivity contribution in [1.29, 1.82) is 0 Å². The van der Waals surface area contributed by atoms with E-state index in [0.29, 0.717) is 0 Å². The van der Waals surface area contributed by atoms with Gasteiger partial charge in [0.05, 0.1) is 19.3 Å². The summed E-state index contributed by atoms with van der Waals surface area (Å²) in [6.07, 6.45) is 1.72. The first-order valence-electron chi connectivity index (χ1n) is 6.09. The van der Waals surface area contributed by atoms with Gasteiger partial charge in [-0.3, -0.25) is 4.68 Å². The van der Waals surface area contributed by atoms with E-state index in [2.05, 4.69) is 24.2 Å². The lowest BCUT2D eigenvalue weighted by molar-refractivity contribution is 0.404. The lowest BCUT2D eigenvalue weighted by Crippen LogP contribution is -2.18. The molecule has 4 nitrogen and oxygen atoms in total. The van der Waals surface area contributed by atoms with Gasteiger partial charge in [0.15, 0.2) is 5.75 Å². The van der Waals surface area contributed by atoms with Gasteiger partial charge >= 0.3 is 0 Å². The summed E-state index contributed by atoms with van der Waals surface area (Å²) in [7, 11) is 1.64. The van der Waals surface area contributed by atoms with Crippen molar-refractivity contribution in [2.45, 2.75) is 26.4 Å². The third-order valence-corrected chi connectivity index (χ3v) is 3.06. The van der Waals surface area contributed by atoms with Crippen LogP contribution in [0.4, 0.5) is 0 Å². The minimum Gasteiger partial charge on any atom is -0.493 e. The normalized spacial score (nSPS) is 12.4. The minimum atomic E-state index is -0.220. The predicted octanol–water partition coefficient (Wildman–Crippen LogP) is 2.27. The van der Waals surface area contributed by atoms with Crippen molar-refractivity contribution in [2.24, 2.45) is 5.73 Å². The molecule has 0 radical (unpaired) electrons. The number of hydrogen-bond acceptors (Lipinski definition) is 3. The van der Waals surface area contributed by atoms with E-state index >= 15 is 0 Å². The number of methoxy groups -OCH3 is 1. The van der Waals surface area contributed by atoms with Crippen LogP contribution in [0.2, 0.25) is 0 Å². The number of nitrogens with zero attached hydrogens (tertiary/aromatic N) is 2. The molecule has 2 N–H and O–H groups in total. The molecule has 0 aliphatic carbocycles. The average Bonchev–Trinajstić information content (AvgIpc) is 2.80. The van der Waals surface area contributed by atoms with Crippen molar-refractivity contribution >= 4 is 0 Å². The molecule has 4 heteroatoms. The van der Waals surface area contributed by atoms with E-state index in [4.69, 9.17) is 10.5 Å². The molecule has 1 aromatic heterocycles. The van der Waals surface area contributed by atoms with Crippen molar-refractivity contribution < 1.29 is 4.74 Å². The van der Waals surface area contributed by atoms with Gasteiger partial charge in [-0.25, -0.2) is 0 Å². The van der Waals surface area contributed by atoms with Crippen molar-refractivity contribution in [3.8, 4) is 5.75 Å². The Labute approximate surface area is 107 Å². The van der Waals surface area contributed by atoms with E-state index in [-0.39, 0.29) is 6.04 Å². The molecule has 18 heavy (non-hydrogen) atoms. The first kappa shape index (κ1) is 12.6. The maximum Gasteiger partial charge on any atom is 0.161 e. The fourth-order valence-corrected chi connectivity index (χ4v) is 2.12. The van der Waals surface area contributed by atoms with Crippen LogP contribution in [0.25, 0.3) is 0 Å². The molecule has 1 heterocycles. The fourth-order valence-electron chi connectivity index (χ4n) is 2.12. The highest BCUT2D eigenvalue weighted by Crippen LogP contribution is 2.28. The van der Waals surface area contributed by atoms with Crippen LogP contribution < -0.4 is 10.5 Å². The van der Waals surface area contributed by atoms with Crippen LogP contribution in [0.1, 0.15) is 29.8 Å². The zero-order valence-corrected chi connectivity index (χ0v) is 11.1. The molecule has 1 atom stereocenters. The number of aryl methyl sites for hydroxylation is 2. The second-order valence-corrected chi connectivity index (χ2v) is 4.31. The highest BCUT2D eigenvalue weighted by atomic mass is 16.5. The first-order chi connectivity index (χ1) is 8.67. The maximum atomic E-state index is 6.34. The van der Waals surface area contributed by atoms with Crippen molar-refractivity contribution in [3.05, 3.63) is 47.3 Å². The molecule has 0 saturated carbocycles. The molecule has 0 amide bonds. The summed E-state index contributed by atoms with van der Waals surface area (Å²) in [4.78, 5) is 0. The monoisotopic (exact) mass is 245 g/mol. The Morgan fingerprint density at radius 3 is 2.83 bits per heavy atom. The fraction of sp³-hybridized carbons (Fsp3) is 0.357. The Bertz CT molecular complexity index is 512. The van der Waals surface area contributed by atoms with Crippen LogP contribution in [-0.4, -0.2) is 16.9 Å². The molecule has 0 spiro atoms. The molecule has 96 valence electrons. The topological polar surface area (TPSA) is 53.1 Å². The van der Waals surface area contributed by atoms with Crippen LogP contribution in [0.15, 0.2) is 30.5 Å². The summed E-state index contributed by atoms with van der Waals surface area (Å²) >= 11 is 0. The number of aromatic nitrogens is 2. The van der Waals surface area contributed by atoms with Gasteiger partial charge in [-0.1, -0.05) is 29.8 Å². The molecule has 1 aromatic carbocycles. The molecule has 0 fully saturated rings. The Morgan fingerprint density at radius 1 is 1.44 bits per heavy atom. The molecular formula is C14H19N3O. The number of nitrogens with two attached hydrogens (primary N) is 1. The lowest BCUT2D eigenvalue weighted by Gasteiger charge is -2.16. The third-order valence-electron chi connectivity index (χ3n) is 3.06. The predicted molar refractivity (Wildman–Crippen MR) is 71.7 cm³/mol. The molecule has 0 saturated heterocycles. The Balaban J connectivity index is 2.44. The zero-order valence-electron chi connectivity index (χ0n) is 11.1. The van der Waals surface area contributed by atoms with Gasteiger partial charge < -0.3 is 10.5 Å². The van der Waals surface area contributed by atoms with Crippen LogP contribution >= 0.6 is 0 Å². The highest BCUT2D eigenvalue weighted by molar-refractivity contribution is 5.37. The van der Waals surface area contributed by atoms with E-state index in [1.165, 1.54) is 5.56 Å². The van der Waals surface area contributed by atoms with Crippen molar-refractivity contribution in [3.63, 3.8) is 0 Å². The second kappa shape index (κ2) is 5.23. The van der Waals surface area contributed by atoms with E-state index in [9.17, 15) is 0 Å². The summed E-state index contributed by atoms with van der Waals surface area (Å²) in [6.45, 7) is 4.88. The summed E-state index contributed by atoms with van der Waals surface area (Å²) in [6, 6.07) is 7.98. The van der Waals surface area contributed by atoms with Crippen LogP contribution in [0, 0.1) is 6.92 Å². The summed E-state index contributed by atoms with van der Waals surface area (Å²) in [5.41, 5.74) is 9.53. The highest BCUT2D eigenvalue weighted by Gasteiger charge is 2.19. The lowest BCUT2D eigenvalue weighted by atomic mass is 10.0. The van der Waals surface area contributed by atoms with Crippen molar-refractivity contribution in [1.82, 2.24) is 9.78 Å². The number of ether oxygens (including phenoxy) is 1. The first-order valence-corrected chi connectivity index (χ1v) is 6.09. The molecular weight excluding hydrogens is 226 g/mol. The van der Waals surface area contributed by atoms with E-state index < -0.39 is 0 Å². The summed E-state index contributed by atoms with van der Waals surface area (Å²) in [5, 5.41) is 4.29. The van der Waals surface area contributed by atoms with Crippen LogP contribution in [0.3, 0.4) is 0 Å². The largest absolute Gasteiger partial charge is 0.493 e. The molecule has 0 aliphatic rings. The van der Waals surface area contributed by atoms with E-state index in [1.807, 2.05) is 23.7 Å². The van der Waals surface area contributed by atoms with Crippen molar-refractivity contribution in [2.75, 3.05) is 7.11 Å². The summed E-state index contributed by atoms with van der Waals surface area (Å²) < 4.78 is 7.22. The van der Waals surface area contributed by atoms with Gasteiger partial charge in [0.1, 0.15) is 5.69 Å². The van der Waals surface area contributed by atoms with Gasteiger partial charge in [0.2, 0.25) is 0 Å². The number of hydrogen-bond donors (Lipinski definition) is 1. The van der Waals surface area contributed by atoms with Gasteiger partial charge in [-0.05, 0) is 19.4 Å². The van der Waals surface area contributed by atoms with Gasteiger partial charge in [0.25, 0.3) is 0 Å². The second-order valence-electron chi connectivity index (χ2n) is 4.31. The summed E-state index contributed by atoms with van der Waals surface area (Å²) in [5.74, 6) is 0.742. The van der Waals surface area contributed by atoms with Crippen LogP contribution in [0.5, 0.6) is 5.75 Å². The number of benzene rings is 1. The smallest absolute Gasteiger partial charge is 0.161 e. The Morgan fingerprint density at radius 2 is 2.22 bits per heavy atom. The number of rotatable bonds is 4. The minimum absolute atomic E-state index is 0.220.